The monoisotopic (exact) mass is 203 g/mol. The first-order valence-electron chi connectivity index (χ1n) is 5.26. The topological polar surface area (TPSA) is 30.2 Å². The van der Waals surface area contributed by atoms with Crippen LogP contribution in [0, 0.1) is 12.3 Å². The van der Waals surface area contributed by atoms with E-state index in [0.29, 0.717) is 0 Å². The van der Waals surface area contributed by atoms with E-state index in [-0.39, 0.29) is 5.41 Å². The second-order valence-corrected chi connectivity index (χ2v) is 5.29. The zero-order valence-corrected chi connectivity index (χ0v) is 9.78. The van der Waals surface area contributed by atoms with Gasteiger partial charge in [-0.2, -0.15) is 0 Å². The van der Waals surface area contributed by atoms with Gasteiger partial charge in [0.15, 0.2) is 5.65 Å². The van der Waals surface area contributed by atoms with E-state index in [1.54, 1.807) is 0 Å². The van der Waals surface area contributed by atoms with Crippen LogP contribution in [0.1, 0.15) is 32.2 Å². The molecule has 15 heavy (non-hydrogen) atoms. The van der Waals surface area contributed by atoms with Crippen molar-refractivity contribution in [3.8, 4) is 0 Å². The minimum atomic E-state index is 0.243. The molecule has 0 bridgehead atoms. The Kier molecular flexibility index (Phi) is 2.25. The molecule has 3 heteroatoms. The molecule has 0 spiro atoms. The van der Waals surface area contributed by atoms with Crippen molar-refractivity contribution in [1.82, 2.24) is 14.6 Å². The molecular weight excluding hydrogens is 186 g/mol. The molecule has 2 aromatic heterocycles. The second-order valence-electron chi connectivity index (χ2n) is 5.29. The molecule has 0 aliphatic rings. The normalized spacial score (nSPS) is 12.3. The lowest BCUT2D eigenvalue weighted by molar-refractivity contribution is 0.399. The molecule has 0 fully saturated rings. The standard InChI is InChI=1S/C12H17N3/c1-9-5-6-10-13-14-11(15(10)8-9)7-12(2,3)4/h5-6,8H,7H2,1-4H3. The van der Waals surface area contributed by atoms with Gasteiger partial charge in [-0.05, 0) is 24.0 Å². The summed E-state index contributed by atoms with van der Waals surface area (Å²) < 4.78 is 2.08. The van der Waals surface area contributed by atoms with Gasteiger partial charge >= 0.3 is 0 Å². The van der Waals surface area contributed by atoms with Crippen LogP contribution < -0.4 is 0 Å². The quantitative estimate of drug-likeness (QED) is 0.713. The summed E-state index contributed by atoms with van der Waals surface area (Å²) in [5.74, 6) is 1.04. The molecule has 0 saturated carbocycles. The number of aromatic nitrogens is 3. The van der Waals surface area contributed by atoms with Crippen LogP contribution in [-0.4, -0.2) is 14.6 Å². The largest absolute Gasteiger partial charge is 0.286 e. The number of rotatable bonds is 1. The smallest absolute Gasteiger partial charge is 0.160 e. The predicted molar refractivity (Wildman–Crippen MR) is 60.9 cm³/mol. The van der Waals surface area contributed by atoms with Crippen LogP contribution in [0.5, 0.6) is 0 Å². The van der Waals surface area contributed by atoms with Crippen LogP contribution in [-0.2, 0) is 6.42 Å². The van der Waals surface area contributed by atoms with Crippen molar-refractivity contribution >= 4 is 5.65 Å². The molecule has 2 aromatic rings. The van der Waals surface area contributed by atoms with Gasteiger partial charge in [-0.15, -0.1) is 10.2 Å². The highest BCUT2D eigenvalue weighted by Crippen LogP contribution is 2.19. The van der Waals surface area contributed by atoms with E-state index < -0.39 is 0 Å². The third-order valence-electron chi connectivity index (χ3n) is 2.31. The predicted octanol–water partition coefficient (Wildman–Crippen LogP) is 2.63. The summed E-state index contributed by atoms with van der Waals surface area (Å²) >= 11 is 0. The molecule has 0 aromatic carbocycles. The highest BCUT2D eigenvalue weighted by molar-refractivity contribution is 5.39. The second kappa shape index (κ2) is 3.33. The fraction of sp³-hybridized carbons (Fsp3) is 0.500. The van der Waals surface area contributed by atoms with Crippen molar-refractivity contribution in [2.75, 3.05) is 0 Å². The average Bonchev–Trinajstić information content (AvgIpc) is 2.46. The van der Waals surface area contributed by atoms with E-state index in [0.717, 1.165) is 17.9 Å². The van der Waals surface area contributed by atoms with Gasteiger partial charge in [0.2, 0.25) is 0 Å². The van der Waals surface area contributed by atoms with Crippen LogP contribution in [0.15, 0.2) is 18.3 Å². The van der Waals surface area contributed by atoms with Crippen LogP contribution in [0.25, 0.3) is 5.65 Å². The molecule has 0 amide bonds. The number of pyridine rings is 1. The fourth-order valence-corrected chi connectivity index (χ4v) is 1.64. The van der Waals surface area contributed by atoms with E-state index in [4.69, 9.17) is 0 Å². The molecule has 2 rings (SSSR count). The van der Waals surface area contributed by atoms with Crippen molar-refractivity contribution in [2.45, 2.75) is 34.1 Å². The molecular formula is C12H17N3. The van der Waals surface area contributed by atoms with E-state index in [9.17, 15) is 0 Å². The maximum absolute atomic E-state index is 4.23. The maximum Gasteiger partial charge on any atom is 0.160 e. The van der Waals surface area contributed by atoms with Gasteiger partial charge in [-0.25, -0.2) is 0 Å². The van der Waals surface area contributed by atoms with E-state index in [1.165, 1.54) is 5.56 Å². The lowest BCUT2D eigenvalue weighted by atomic mass is 9.92. The zero-order chi connectivity index (χ0) is 11.1. The number of nitrogens with zero attached hydrogens (tertiary/aromatic N) is 3. The first-order valence-corrected chi connectivity index (χ1v) is 5.26. The Morgan fingerprint density at radius 1 is 1.20 bits per heavy atom. The summed E-state index contributed by atoms with van der Waals surface area (Å²) in [6.45, 7) is 8.72. The molecule has 0 aliphatic heterocycles. The van der Waals surface area contributed by atoms with Gasteiger partial charge in [-0.1, -0.05) is 26.8 Å². The Bertz CT molecular complexity index is 477. The molecule has 3 nitrogen and oxygen atoms in total. The van der Waals surface area contributed by atoms with Crippen LogP contribution in [0.4, 0.5) is 0 Å². The van der Waals surface area contributed by atoms with Crippen molar-refractivity contribution < 1.29 is 0 Å². The Morgan fingerprint density at radius 2 is 1.93 bits per heavy atom. The highest BCUT2D eigenvalue weighted by Gasteiger charge is 2.15. The Hall–Kier alpha value is -1.38. The summed E-state index contributed by atoms with van der Waals surface area (Å²) in [7, 11) is 0. The third-order valence-corrected chi connectivity index (χ3v) is 2.31. The summed E-state index contributed by atoms with van der Waals surface area (Å²) in [5.41, 5.74) is 2.41. The lowest BCUT2D eigenvalue weighted by Crippen LogP contribution is -2.12. The fourth-order valence-electron chi connectivity index (χ4n) is 1.64. The van der Waals surface area contributed by atoms with Crippen LogP contribution >= 0.6 is 0 Å². The van der Waals surface area contributed by atoms with Crippen molar-refractivity contribution in [2.24, 2.45) is 5.41 Å². The minimum Gasteiger partial charge on any atom is -0.286 e. The van der Waals surface area contributed by atoms with Gasteiger partial charge in [0.25, 0.3) is 0 Å². The molecule has 0 saturated heterocycles. The number of fused-ring (bicyclic) bond motifs is 1. The Morgan fingerprint density at radius 3 is 2.60 bits per heavy atom. The summed E-state index contributed by atoms with van der Waals surface area (Å²) in [4.78, 5) is 0. The van der Waals surface area contributed by atoms with Gasteiger partial charge in [0, 0.05) is 12.6 Å². The molecule has 0 N–H and O–H groups in total. The molecule has 0 radical (unpaired) electrons. The minimum absolute atomic E-state index is 0.243. The molecule has 0 aliphatic carbocycles. The SMILES string of the molecule is Cc1ccc2nnc(CC(C)(C)C)n2c1. The van der Waals surface area contributed by atoms with Crippen molar-refractivity contribution in [1.29, 1.82) is 0 Å². The van der Waals surface area contributed by atoms with Crippen LogP contribution in [0.2, 0.25) is 0 Å². The summed E-state index contributed by atoms with van der Waals surface area (Å²) in [6.07, 6.45) is 3.04. The zero-order valence-electron chi connectivity index (χ0n) is 9.78. The molecule has 80 valence electrons. The van der Waals surface area contributed by atoms with Crippen molar-refractivity contribution in [3.63, 3.8) is 0 Å². The van der Waals surface area contributed by atoms with E-state index in [2.05, 4.69) is 54.6 Å². The van der Waals surface area contributed by atoms with E-state index in [1.807, 2.05) is 6.07 Å². The number of hydrogen-bond acceptors (Lipinski definition) is 2. The lowest BCUT2D eigenvalue weighted by Gasteiger charge is -2.16. The van der Waals surface area contributed by atoms with Gasteiger partial charge in [0.05, 0.1) is 0 Å². The molecule has 2 heterocycles. The number of hydrogen-bond donors (Lipinski definition) is 0. The Labute approximate surface area is 90.1 Å². The first-order chi connectivity index (χ1) is 6.96. The van der Waals surface area contributed by atoms with Gasteiger partial charge in [0.1, 0.15) is 5.82 Å². The molecule has 0 unspecified atom stereocenters. The van der Waals surface area contributed by atoms with E-state index >= 15 is 0 Å². The first kappa shape index (κ1) is 10.1. The summed E-state index contributed by atoms with van der Waals surface area (Å²) in [5, 5.41) is 8.39. The van der Waals surface area contributed by atoms with Gasteiger partial charge in [-0.3, -0.25) is 4.40 Å². The maximum atomic E-state index is 4.23. The molecule has 0 atom stereocenters. The van der Waals surface area contributed by atoms with Gasteiger partial charge < -0.3 is 0 Å². The number of aryl methyl sites for hydroxylation is 1. The van der Waals surface area contributed by atoms with Crippen molar-refractivity contribution in [3.05, 3.63) is 29.7 Å². The summed E-state index contributed by atoms with van der Waals surface area (Å²) in [6, 6.07) is 4.07. The third kappa shape index (κ3) is 2.17. The average molecular weight is 203 g/mol. The Balaban J connectivity index is 2.48. The van der Waals surface area contributed by atoms with Crippen LogP contribution in [0.3, 0.4) is 0 Å². The highest BCUT2D eigenvalue weighted by atomic mass is 15.2.